The standard InChI is InChI=1S/C22H21N5O/c1-14-11-21(25-18-6-3-16(13-23)4-7-18)19-12-17(20-9-10-24-26-20)5-8-22(19)27(14)15(2)28/h3-10,12,14,21,25H,11H2,1-2H3,(H,24,26). The number of nitrogens with zero attached hydrogens (tertiary/aromatic N) is 3. The van der Waals surface area contributed by atoms with Gasteiger partial charge < -0.3 is 10.2 Å². The number of nitrogens with one attached hydrogen (secondary N) is 2. The van der Waals surface area contributed by atoms with E-state index in [0.717, 1.165) is 34.6 Å². The average molecular weight is 371 g/mol. The number of anilines is 2. The van der Waals surface area contributed by atoms with Crippen LogP contribution in [0, 0.1) is 11.3 Å². The maximum absolute atomic E-state index is 12.3. The van der Waals surface area contributed by atoms with E-state index in [1.165, 1.54) is 0 Å². The highest BCUT2D eigenvalue weighted by atomic mass is 16.2. The second kappa shape index (κ2) is 7.20. The van der Waals surface area contributed by atoms with Gasteiger partial charge in [0.15, 0.2) is 0 Å². The molecular formula is C22H21N5O. The van der Waals surface area contributed by atoms with E-state index in [4.69, 9.17) is 5.26 Å². The molecule has 0 radical (unpaired) electrons. The van der Waals surface area contributed by atoms with Crippen LogP contribution >= 0.6 is 0 Å². The van der Waals surface area contributed by atoms with Crippen molar-refractivity contribution >= 4 is 17.3 Å². The van der Waals surface area contributed by atoms with E-state index in [9.17, 15) is 4.79 Å². The number of hydrogen-bond donors (Lipinski definition) is 2. The van der Waals surface area contributed by atoms with Crippen molar-refractivity contribution in [2.45, 2.75) is 32.4 Å². The number of fused-ring (bicyclic) bond motifs is 1. The maximum Gasteiger partial charge on any atom is 0.224 e. The minimum Gasteiger partial charge on any atom is -0.378 e. The van der Waals surface area contributed by atoms with Gasteiger partial charge in [-0.05, 0) is 61.4 Å². The van der Waals surface area contributed by atoms with Gasteiger partial charge in [0.2, 0.25) is 5.91 Å². The van der Waals surface area contributed by atoms with Crippen LogP contribution < -0.4 is 10.2 Å². The SMILES string of the molecule is CC(=O)N1c2ccc(-c3ccn[nH]3)cc2C(Nc2ccc(C#N)cc2)CC1C. The van der Waals surface area contributed by atoms with Gasteiger partial charge in [0.1, 0.15) is 0 Å². The lowest BCUT2D eigenvalue weighted by atomic mass is 9.89. The molecule has 1 aliphatic rings. The largest absolute Gasteiger partial charge is 0.378 e. The predicted molar refractivity (Wildman–Crippen MR) is 109 cm³/mol. The van der Waals surface area contributed by atoms with Crippen LogP contribution in [0.4, 0.5) is 11.4 Å². The summed E-state index contributed by atoms with van der Waals surface area (Å²) in [5.41, 5.74) is 5.55. The van der Waals surface area contributed by atoms with Crippen LogP contribution in [-0.4, -0.2) is 22.1 Å². The van der Waals surface area contributed by atoms with Gasteiger partial charge >= 0.3 is 0 Å². The summed E-state index contributed by atoms with van der Waals surface area (Å²) in [4.78, 5) is 14.1. The molecule has 0 spiro atoms. The zero-order chi connectivity index (χ0) is 19.7. The van der Waals surface area contributed by atoms with Crippen molar-refractivity contribution in [2.75, 3.05) is 10.2 Å². The molecular weight excluding hydrogens is 350 g/mol. The summed E-state index contributed by atoms with van der Waals surface area (Å²) in [5.74, 6) is 0.0415. The first-order valence-electron chi connectivity index (χ1n) is 9.27. The van der Waals surface area contributed by atoms with Crippen LogP contribution in [0.2, 0.25) is 0 Å². The quantitative estimate of drug-likeness (QED) is 0.721. The van der Waals surface area contributed by atoms with Crippen LogP contribution in [0.25, 0.3) is 11.3 Å². The Morgan fingerprint density at radius 1 is 1.25 bits per heavy atom. The van der Waals surface area contributed by atoms with Crippen LogP contribution in [0.3, 0.4) is 0 Å². The van der Waals surface area contributed by atoms with Gasteiger partial charge in [0.05, 0.1) is 23.4 Å². The lowest BCUT2D eigenvalue weighted by Crippen LogP contribution is -2.43. The Bertz CT molecular complexity index is 1030. The van der Waals surface area contributed by atoms with Crippen molar-refractivity contribution in [1.82, 2.24) is 10.2 Å². The van der Waals surface area contributed by atoms with Gasteiger partial charge in [-0.2, -0.15) is 10.4 Å². The van der Waals surface area contributed by atoms with Gasteiger partial charge in [0, 0.05) is 36.1 Å². The van der Waals surface area contributed by atoms with Crippen LogP contribution in [0.5, 0.6) is 0 Å². The third-order valence-corrected chi connectivity index (χ3v) is 5.19. The first kappa shape index (κ1) is 17.8. The fourth-order valence-electron chi connectivity index (χ4n) is 3.91. The van der Waals surface area contributed by atoms with Crippen molar-refractivity contribution in [3.05, 3.63) is 65.9 Å². The predicted octanol–water partition coefficient (Wildman–Crippen LogP) is 4.25. The number of carbonyl (C=O) groups excluding carboxylic acids is 1. The molecule has 1 aliphatic heterocycles. The van der Waals surface area contributed by atoms with E-state index in [2.05, 4.69) is 34.6 Å². The highest BCUT2D eigenvalue weighted by Gasteiger charge is 2.32. The normalized spacial score (nSPS) is 18.2. The summed E-state index contributed by atoms with van der Waals surface area (Å²) in [5, 5.41) is 19.6. The lowest BCUT2D eigenvalue weighted by Gasteiger charge is -2.39. The molecule has 6 heteroatoms. The van der Waals surface area contributed by atoms with Crippen LogP contribution in [0.1, 0.15) is 37.4 Å². The average Bonchev–Trinajstić information content (AvgIpc) is 3.23. The van der Waals surface area contributed by atoms with Gasteiger partial charge in [-0.1, -0.05) is 6.07 Å². The number of aromatic amines is 1. The summed E-state index contributed by atoms with van der Waals surface area (Å²) < 4.78 is 0. The Labute approximate surface area is 163 Å². The van der Waals surface area contributed by atoms with Crippen molar-refractivity contribution in [2.24, 2.45) is 0 Å². The number of hydrogen-bond acceptors (Lipinski definition) is 4. The molecule has 140 valence electrons. The molecule has 0 aliphatic carbocycles. The Hall–Kier alpha value is -3.59. The van der Waals surface area contributed by atoms with E-state index in [1.54, 1.807) is 25.3 Å². The van der Waals surface area contributed by atoms with Gasteiger partial charge in [-0.25, -0.2) is 0 Å². The number of carbonyl (C=O) groups is 1. The van der Waals surface area contributed by atoms with Crippen LogP contribution in [0.15, 0.2) is 54.7 Å². The second-order valence-electron chi connectivity index (χ2n) is 7.10. The number of rotatable bonds is 3. The lowest BCUT2D eigenvalue weighted by molar-refractivity contribution is -0.117. The number of benzene rings is 2. The molecule has 2 atom stereocenters. The fraction of sp³-hybridized carbons (Fsp3) is 0.227. The van der Waals surface area contributed by atoms with E-state index in [-0.39, 0.29) is 18.0 Å². The molecule has 2 N–H and O–H groups in total. The molecule has 2 aromatic carbocycles. The Kier molecular flexibility index (Phi) is 4.58. The van der Waals surface area contributed by atoms with E-state index in [1.807, 2.05) is 35.2 Å². The van der Waals surface area contributed by atoms with E-state index < -0.39 is 0 Å². The summed E-state index contributed by atoms with van der Waals surface area (Å²) in [7, 11) is 0. The van der Waals surface area contributed by atoms with Crippen molar-refractivity contribution in [1.29, 1.82) is 5.26 Å². The van der Waals surface area contributed by atoms with Crippen molar-refractivity contribution in [3.63, 3.8) is 0 Å². The summed E-state index contributed by atoms with van der Waals surface area (Å²) in [6.45, 7) is 3.68. The number of aromatic nitrogens is 2. The minimum atomic E-state index is 0.0415. The molecule has 1 amide bonds. The van der Waals surface area contributed by atoms with Crippen molar-refractivity contribution in [3.8, 4) is 17.3 Å². The monoisotopic (exact) mass is 371 g/mol. The minimum absolute atomic E-state index is 0.0415. The van der Waals surface area contributed by atoms with Gasteiger partial charge in [-0.3, -0.25) is 9.89 Å². The number of nitriles is 1. The zero-order valence-electron chi connectivity index (χ0n) is 15.8. The van der Waals surface area contributed by atoms with E-state index >= 15 is 0 Å². The summed E-state index contributed by atoms with van der Waals surface area (Å²) >= 11 is 0. The van der Waals surface area contributed by atoms with Crippen LogP contribution in [-0.2, 0) is 4.79 Å². The molecule has 1 aromatic heterocycles. The summed E-state index contributed by atoms with van der Waals surface area (Å²) in [6, 6.07) is 17.8. The molecule has 2 unspecified atom stereocenters. The van der Waals surface area contributed by atoms with Gasteiger partial charge in [-0.15, -0.1) is 0 Å². The number of amides is 1. The molecule has 4 rings (SSSR count). The second-order valence-corrected chi connectivity index (χ2v) is 7.10. The third-order valence-electron chi connectivity index (χ3n) is 5.19. The summed E-state index contributed by atoms with van der Waals surface area (Å²) in [6.07, 6.45) is 2.52. The molecule has 0 saturated heterocycles. The highest BCUT2D eigenvalue weighted by Crippen LogP contribution is 2.40. The Morgan fingerprint density at radius 3 is 2.68 bits per heavy atom. The maximum atomic E-state index is 12.3. The number of H-pyrrole nitrogens is 1. The molecule has 3 aromatic rings. The topological polar surface area (TPSA) is 84.8 Å². The van der Waals surface area contributed by atoms with Crippen molar-refractivity contribution < 1.29 is 4.79 Å². The first-order chi connectivity index (χ1) is 13.6. The smallest absolute Gasteiger partial charge is 0.224 e. The molecule has 2 heterocycles. The van der Waals surface area contributed by atoms with Gasteiger partial charge in [0.25, 0.3) is 0 Å². The first-order valence-corrected chi connectivity index (χ1v) is 9.27. The molecule has 0 fully saturated rings. The zero-order valence-corrected chi connectivity index (χ0v) is 15.8. The fourth-order valence-corrected chi connectivity index (χ4v) is 3.91. The molecule has 28 heavy (non-hydrogen) atoms. The van der Waals surface area contributed by atoms with E-state index in [0.29, 0.717) is 5.56 Å². The molecule has 0 saturated carbocycles. The Morgan fingerprint density at radius 2 is 2.04 bits per heavy atom. The Balaban J connectivity index is 1.75. The third kappa shape index (κ3) is 3.23. The molecule has 0 bridgehead atoms. The highest BCUT2D eigenvalue weighted by molar-refractivity contribution is 5.94. The molecule has 6 nitrogen and oxygen atoms in total.